The first kappa shape index (κ1) is 18.3. The Labute approximate surface area is 170 Å². The van der Waals surface area contributed by atoms with E-state index >= 15 is 0 Å². The normalized spacial score (nSPS) is 11.8. The van der Waals surface area contributed by atoms with Crippen LogP contribution in [0, 0.1) is 0 Å². The number of halogens is 1. The standard InChI is InChI=1S/C25H21ClN2/c26-18-10-17-24-19-28(20-27-24)25(21-11-4-1-5-12-21,22-13-6-2-7-14-22)23-15-8-3-9-16-23/h1-17,19-20H,18H2/b17-10+. The Morgan fingerprint density at radius 2 is 1.21 bits per heavy atom. The molecule has 0 aliphatic rings. The van der Waals surface area contributed by atoms with Gasteiger partial charge in [0, 0.05) is 12.1 Å². The highest BCUT2D eigenvalue weighted by Gasteiger charge is 2.38. The van der Waals surface area contributed by atoms with Gasteiger partial charge in [-0.25, -0.2) is 4.98 Å². The third-order valence-corrected chi connectivity index (χ3v) is 5.12. The summed E-state index contributed by atoms with van der Waals surface area (Å²) >= 11 is 5.81. The number of benzene rings is 3. The number of nitrogens with zero attached hydrogens (tertiary/aromatic N) is 2. The van der Waals surface area contributed by atoms with Crippen LogP contribution in [-0.2, 0) is 5.54 Å². The zero-order valence-electron chi connectivity index (χ0n) is 15.4. The van der Waals surface area contributed by atoms with Crippen molar-refractivity contribution in [3.8, 4) is 0 Å². The summed E-state index contributed by atoms with van der Waals surface area (Å²) in [4.78, 5) is 4.61. The van der Waals surface area contributed by atoms with Crippen molar-refractivity contribution in [1.82, 2.24) is 9.55 Å². The van der Waals surface area contributed by atoms with E-state index in [4.69, 9.17) is 11.6 Å². The molecule has 0 saturated carbocycles. The minimum atomic E-state index is -0.524. The second-order valence-electron chi connectivity index (χ2n) is 6.57. The van der Waals surface area contributed by atoms with Gasteiger partial charge in [0.15, 0.2) is 0 Å². The minimum Gasteiger partial charge on any atom is -0.318 e. The minimum absolute atomic E-state index is 0.466. The average Bonchev–Trinajstić information content (AvgIpc) is 3.24. The lowest BCUT2D eigenvalue weighted by atomic mass is 9.77. The molecule has 0 aliphatic carbocycles. The third kappa shape index (κ3) is 3.28. The van der Waals surface area contributed by atoms with E-state index < -0.39 is 5.54 Å². The summed E-state index contributed by atoms with van der Waals surface area (Å²) in [6.45, 7) is 0. The summed E-state index contributed by atoms with van der Waals surface area (Å²) in [6.07, 6.45) is 7.84. The fourth-order valence-electron chi connectivity index (χ4n) is 3.76. The van der Waals surface area contributed by atoms with E-state index in [1.165, 1.54) is 16.7 Å². The molecular formula is C25H21ClN2. The molecule has 0 N–H and O–H groups in total. The van der Waals surface area contributed by atoms with Crippen LogP contribution in [-0.4, -0.2) is 15.4 Å². The van der Waals surface area contributed by atoms with Crippen molar-refractivity contribution in [3.63, 3.8) is 0 Å². The maximum Gasteiger partial charge on any atom is 0.121 e. The van der Waals surface area contributed by atoms with Gasteiger partial charge in [-0.05, 0) is 22.8 Å². The SMILES string of the molecule is ClC/C=C/c1cn(C(c2ccccc2)(c2ccccc2)c2ccccc2)cn1. The number of allylic oxidation sites excluding steroid dienone is 1. The van der Waals surface area contributed by atoms with Crippen molar-refractivity contribution >= 4 is 17.7 Å². The summed E-state index contributed by atoms with van der Waals surface area (Å²) < 4.78 is 2.20. The monoisotopic (exact) mass is 384 g/mol. The number of hydrogen-bond donors (Lipinski definition) is 0. The third-order valence-electron chi connectivity index (χ3n) is 4.94. The molecule has 138 valence electrons. The maximum atomic E-state index is 5.81. The molecule has 0 saturated heterocycles. The van der Waals surface area contributed by atoms with Crippen molar-refractivity contribution in [2.75, 3.05) is 5.88 Å². The Morgan fingerprint density at radius 3 is 1.64 bits per heavy atom. The lowest BCUT2D eigenvalue weighted by Gasteiger charge is -2.37. The van der Waals surface area contributed by atoms with Crippen molar-refractivity contribution < 1.29 is 0 Å². The van der Waals surface area contributed by atoms with Crippen LogP contribution >= 0.6 is 11.6 Å². The Bertz CT molecular complexity index is 941. The van der Waals surface area contributed by atoms with Gasteiger partial charge in [-0.3, -0.25) is 0 Å². The Hall–Kier alpha value is -3.10. The first-order valence-corrected chi connectivity index (χ1v) is 9.82. The second kappa shape index (κ2) is 8.28. The van der Waals surface area contributed by atoms with Gasteiger partial charge in [0.2, 0.25) is 0 Å². The van der Waals surface area contributed by atoms with Crippen LogP contribution in [0.1, 0.15) is 22.4 Å². The van der Waals surface area contributed by atoms with Crippen molar-refractivity contribution in [3.05, 3.63) is 132 Å². The van der Waals surface area contributed by atoms with Crippen LogP contribution < -0.4 is 0 Å². The van der Waals surface area contributed by atoms with E-state index in [1.54, 1.807) is 0 Å². The molecule has 0 aliphatic heterocycles. The summed E-state index contributed by atoms with van der Waals surface area (Å²) in [6, 6.07) is 31.7. The van der Waals surface area contributed by atoms with Crippen molar-refractivity contribution in [1.29, 1.82) is 0 Å². The van der Waals surface area contributed by atoms with Gasteiger partial charge >= 0.3 is 0 Å². The van der Waals surface area contributed by atoms with Crippen molar-refractivity contribution in [2.45, 2.75) is 5.54 Å². The van der Waals surface area contributed by atoms with Gasteiger partial charge in [0.05, 0.1) is 12.0 Å². The molecule has 4 rings (SSSR count). The van der Waals surface area contributed by atoms with Gasteiger partial charge in [-0.2, -0.15) is 0 Å². The summed E-state index contributed by atoms with van der Waals surface area (Å²) in [5, 5.41) is 0. The summed E-state index contributed by atoms with van der Waals surface area (Å²) in [5.74, 6) is 0.466. The molecule has 0 atom stereocenters. The van der Waals surface area contributed by atoms with Crippen LogP contribution in [0.3, 0.4) is 0 Å². The van der Waals surface area contributed by atoms with Gasteiger partial charge in [0.1, 0.15) is 5.54 Å². The van der Waals surface area contributed by atoms with Gasteiger partial charge in [-0.15, -0.1) is 11.6 Å². The largest absolute Gasteiger partial charge is 0.318 e. The number of hydrogen-bond acceptors (Lipinski definition) is 1. The quantitative estimate of drug-likeness (QED) is 0.295. The highest BCUT2D eigenvalue weighted by atomic mass is 35.5. The lowest BCUT2D eigenvalue weighted by Crippen LogP contribution is -2.36. The number of imidazole rings is 1. The molecule has 2 nitrogen and oxygen atoms in total. The fraction of sp³-hybridized carbons (Fsp3) is 0.0800. The number of alkyl halides is 1. The predicted molar refractivity (Wildman–Crippen MR) is 117 cm³/mol. The Kier molecular flexibility index (Phi) is 5.41. The van der Waals surface area contributed by atoms with Crippen molar-refractivity contribution in [2.24, 2.45) is 0 Å². The molecule has 0 bridgehead atoms. The number of aromatic nitrogens is 2. The Morgan fingerprint density at radius 1 is 0.750 bits per heavy atom. The molecule has 1 aromatic heterocycles. The zero-order chi connectivity index (χ0) is 19.2. The first-order valence-electron chi connectivity index (χ1n) is 9.29. The molecular weight excluding hydrogens is 364 g/mol. The molecule has 3 aromatic carbocycles. The maximum absolute atomic E-state index is 5.81. The molecule has 0 amide bonds. The fourth-order valence-corrected chi connectivity index (χ4v) is 3.85. The predicted octanol–water partition coefficient (Wildman–Crippen LogP) is 5.98. The second-order valence-corrected chi connectivity index (χ2v) is 6.88. The zero-order valence-corrected chi connectivity index (χ0v) is 16.2. The van der Waals surface area contributed by atoms with E-state index in [-0.39, 0.29) is 0 Å². The Balaban J connectivity index is 2.04. The van der Waals surface area contributed by atoms with Gasteiger partial charge in [-0.1, -0.05) is 97.1 Å². The summed E-state index contributed by atoms with van der Waals surface area (Å²) in [5.41, 5.74) is 3.89. The molecule has 1 heterocycles. The summed E-state index contributed by atoms with van der Waals surface area (Å²) in [7, 11) is 0. The van der Waals surface area contributed by atoms with Crippen LogP contribution in [0.4, 0.5) is 0 Å². The molecule has 3 heteroatoms. The van der Waals surface area contributed by atoms with Crippen LogP contribution in [0.15, 0.2) is 110 Å². The molecule has 0 fully saturated rings. The molecule has 0 spiro atoms. The van der Waals surface area contributed by atoms with Crippen LogP contribution in [0.2, 0.25) is 0 Å². The topological polar surface area (TPSA) is 17.8 Å². The van der Waals surface area contributed by atoms with E-state index in [2.05, 4.69) is 88.5 Å². The highest BCUT2D eigenvalue weighted by Crippen LogP contribution is 2.40. The van der Waals surface area contributed by atoms with E-state index in [0.717, 1.165) is 5.69 Å². The molecule has 0 radical (unpaired) electrons. The van der Waals surface area contributed by atoms with Crippen LogP contribution in [0.25, 0.3) is 6.08 Å². The van der Waals surface area contributed by atoms with Gasteiger partial charge in [0.25, 0.3) is 0 Å². The van der Waals surface area contributed by atoms with E-state index in [1.807, 2.05) is 36.7 Å². The van der Waals surface area contributed by atoms with Gasteiger partial charge < -0.3 is 4.57 Å². The van der Waals surface area contributed by atoms with E-state index in [9.17, 15) is 0 Å². The van der Waals surface area contributed by atoms with Crippen LogP contribution in [0.5, 0.6) is 0 Å². The molecule has 4 aromatic rings. The number of rotatable bonds is 6. The molecule has 0 unspecified atom stereocenters. The smallest absolute Gasteiger partial charge is 0.121 e. The van der Waals surface area contributed by atoms with E-state index in [0.29, 0.717) is 5.88 Å². The first-order chi connectivity index (χ1) is 13.9. The highest BCUT2D eigenvalue weighted by molar-refractivity contribution is 6.19. The average molecular weight is 385 g/mol. The molecule has 28 heavy (non-hydrogen) atoms. The lowest BCUT2D eigenvalue weighted by molar-refractivity contribution is 0.514.